The number of rotatable bonds is 8. The van der Waals surface area contributed by atoms with Gasteiger partial charge >= 0.3 is 0 Å². The third-order valence-corrected chi connectivity index (χ3v) is 5.51. The molecule has 2 unspecified atom stereocenters. The van der Waals surface area contributed by atoms with Crippen molar-refractivity contribution in [2.75, 3.05) is 40.5 Å². The molecule has 0 amide bonds. The summed E-state index contributed by atoms with van der Waals surface area (Å²) in [5.41, 5.74) is 4.66. The first-order valence-electron chi connectivity index (χ1n) is 9.99. The van der Waals surface area contributed by atoms with E-state index in [0.717, 1.165) is 42.4 Å². The lowest BCUT2D eigenvalue weighted by atomic mass is 9.94. The molecule has 2 atom stereocenters. The Balaban J connectivity index is 1.40. The molecule has 2 heterocycles. The van der Waals surface area contributed by atoms with E-state index in [4.69, 9.17) is 19.0 Å². The van der Waals surface area contributed by atoms with Crippen molar-refractivity contribution in [2.45, 2.75) is 19.6 Å². The monoisotopic (exact) mass is 396 g/mol. The first-order valence-corrected chi connectivity index (χ1v) is 9.99. The number of aryl methyl sites for hydroxylation is 1. The SMILES string of the molecule is COCCOc1ccc(CN2CC3ON=C(c4ccc(C)cc4)C3C2)cc1OC. The van der Waals surface area contributed by atoms with Gasteiger partial charge in [-0.15, -0.1) is 0 Å². The van der Waals surface area contributed by atoms with Crippen LogP contribution in [0, 0.1) is 12.8 Å². The molecule has 0 spiro atoms. The summed E-state index contributed by atoms with van der Waals surface area (Å²) in [6.07, 6.45) is 0.129. The topological polar surface area (TPSA) is 52.5 Å². The van der Waals surface area contributed by atoms with Crippen LogP contribution in [0.5, 0.6) is 11.5 Å². The first-order chi connectivity index (χ1) is 14.2. The maximum Gasteiger partial charge on any atom is 0.161 e. The van der Waals surface area contributed by atoms with Crippen LogP contribution in [-0.4, -0.2) is 57.2 Å². The lowest BCUT2D eigenvalue weighted by molar-refractivity contribution is 0.0745. The van der Waals surface area contributed by atoms with Crippen LogP contribution in [0.3, 0.4) is 0 Å². The second-order valence-electron chi connectivity index (χ2n) is 7.61. The fraction of sp³-hybridized carbons (Fsp3) is 0.435. The summed E-state index contributed by atoms with van der Waals surface area (Å²) in [6, 6.07) is 14.6. The fourth-order valence-electron chi connectivity index (χ4n) is 3.96. The highest BCUT2D eigenvalue weighted by Gasteiger charge is 2.42. The summed E-state index contributed by atoms with van der Waals surface area (Å²) in [6.45, 7) is 5.79. The van der Waals surface area contributed by atoms with E-state index in [1.54, 1.807) is 14.2 Å². The second kappa shape index (κ2) is 8.84. The van der Waals surface area contributed by atoms with Crippen molar-refractivity contribution in [3.05, 3.63) is 59.2 Å². The van der Waals surface area contributed by atoms with Gasteiger partial charge in [0.1, 0.15) is 12.7 Å². The second-order valence-corrected chi connectivity index (χ2v) is 7.61. The molecule has 1 saturated heterocycles. The van der Waals surface area contributed by atoms with Gasteiger partial charge in [-0.2, -0.15) is 0 Å². The van der Waals surface area contributed by atoms with E-state index >= 15 is 0 Å². The van der Waals surface area contributed by atoms with E-state index in [-0.39, 0.29) is 6.10 Å². The molecule has 154 valence electrons. The molecule has 4 rings (SSSR count). The Labute approximate surface area is 172 Å². The van der Waals surface area contributed by atoms with Gasteiger partial charge in [-0.25, -0.2) is 0 Å². The molecule has 1 fully saturated rings. The molecule has 6 heteroatoms. The van der Waals surface area contributed by atoms with Crippen LogP contribution in [-0.2, 0) is 16.1 Å². The van der Waals surface area contributed by atoms with Gasteiger partial charge in [-0.3, -0.25) is 4.90 Å². The van der Waals surface area contributed by atoms with Crippen molar-refractivity contribution in [1.82, 2.24) is 4.90 Å². The minimum absolute atomic E-state index is 0.129. The van der Waals surface area contributed by atoms with Gasteiger partial charge in [0, 0.05) is 26.7 Å². The predicted molar refractivity (Wildman–Crippen MR) is 112 cm³/mol. The van der Waals surface area contributed by atoms with Crippen LogP contribution in [0.4, 0.5) is 0 Å². The van der Waals surface area contributed by atoms with Crippen molar-refractivity contribution in [3.8, 4) is 11.5 Å². The minimum atomic E-state index is 0.129. The highest BCUT2D eigenvalue weighted by Crippen LogP contribution is 2.33. The standard InChI is InChI=1S/C23H28N2O4/c1-16-4-7-18(8-5-16)23-19-14-25(15-22(19)29-24-23)13-17-6-9-20(21(12-17)27-3)28-11-10-26-2/h4-9,12,19,22H,10-11,13-15H2,1-3H3. The van der Waals surface area contributed by atoms with E-state index in [1.165, 1.54) is 11.1 Å². The third kappa shape index (κ3) is 4.38. The predicted octanol–water partition coefficient (Wildman–Crippen LogP) is 3.26. The van der Waals surface area contributed by atoms with Crippen molar-refractivity contribution >= 4 is 5.71 Å². The number of ether oxygens (including phenoxy) is 3. The van der Waals surface area contributed by atoms with Crippen LogP contribution < -0.4 is 9.47 Å². The molecule has 0 aliphatic carbocycles. The minimum Gasteiger partial charge on any atom is -0.493 e. The third-order valence-electron chi connectivity index (χ3n) is 5.51. The maximum atomic E-state index is 5.75. The summed E-state index contributed by atoms with van der Waals surface area (Å²) in [5, 5.41) is 4.38. The molecule has 0 bridgehead atoms. The molecular weight excluding hydrogens is 368 g/mol. The van der Waals surface area contributed by atoms with Crippen LogP contribution in [0.1, 0.15) is 16.7 Å². The van der Waals surface area contributed by atoms with E-state index in [0.29, 0.717) is 19.1 Å². The molecule has 29 heavy (non-hydrogen) atoms. The van der Waals surface area contributed by atoms with Crippen LogP contribution in [0.15, 0.2) is 47.6 Å². The number of benzene rings is 2. The molecule has 2 aliphatic rings. The highest BCUT2D eigenvalue weighted by atomic mass is 16.6. The summed E-state index contributed by atoms with van der Waals surface area (Å²) < 4.78 is 16.3. The van der Waals surface area contributed by atoms with Gasteiger partial charge in [0.05, 0.1) is 25.3 Å². The zero-order chi connectivity index (χ0) is 20.2. The lowest BCUT2D eigenvalue weighted by Crippen LogP contribution is -2.23. The molecule has 2 aliphatic heterocycles. The number of oxime groups is 1. The van der Waals surface area contributed by atoms with E-state index < -0.39 is 0 Å². The Kier molecular flexibility index (Phi) is 6.02. The van der Waals surface area contributed by atoms with Gasteiger partial charge < -0.3 is 19.0 Å². The van der Waals surface area contributed by atoms with Gasteiger partial charge in [0.25, 0.3) is 0 Å². The number of methoxy groups -OCH3 is 2. The highest BCUT2D eigenvalue weighted by molar-refractivity contribution is 6.03. The number of hydrogen-bond donors (Lipinski definition) is 0. The van der Waals surface area contributed by atoms with E-state index in [9.17, 15) is 0 Å². The van der Waals surface area contributed by atoms with Crippen molar-refractivity contribution in [3.63, 3.8) is 0 Å². The van der Waals surface area contributed by atoms with Crippen LogP contribution in [0.2, 0.25) is 0 Å². The average molecular weight is 396 g/mol. The molecule has 0 saturated carbocycles. The Morgan fingerprint density at radius 2 is 1.86 bits per heavy atom. The summed E-state index contributed by atoms with van der Waals surface area (Å²) in [4.78, 5) is 8.17. The average Bonchev–Trinajstić information content (AvgIpc) is 3.30. The van der Waals surface area contributed by atoms with Crippen LogP contribution >= 0.6 is 0 Å². The Bertz CT molecular complexity index is 866. The molecule has 0 aromatic heterocycles. The van der Waals surface area contributed by atoms with E-state index in [2.05, 4.69) is 47.3 Å². The molecular formula is C23H28N2O4. The Morgan fingerprint density at radius 3 is 2.62 bits per heavy atom. The first kappa shape index (κ1) is 19.7. The smallest absolute Gasteiger partial charge is 0.161 e. The van der Waals surface area contributed by atoms with Gasteiger partial charge in [0.2, 0.25) is 0 Å². The summed E-state index contributed by atoms with van der Waals surface area (Å²) in [5.74, 6) is 1.80. The van der Waals surface area contributed by atoms with Crippen molar-refractivity contribution in [2.24, 2.45) is 11.1 Å². The zero-order valence-corrected chi connectivity index (χ0v) is 17.3. The van der Waals surface area contributed by atoms with Crippen LogP contribution in [0.25, 0.3) is 0 Å². The lowest BCUT2D eigenvalue weighted by Gasteiger charge is -2.18. The number of nitrogens with zero attached hydrogens (tertiary/aromatic N) is 2. The molecule has 2 aromatic rings. The van der Waals surface area contributed by atoms with Gasteiger partial charge in [-0.1, -0.05) is 41.1 Å². The van der Waals surface area contributed by atoms with Crippen molar-refractivity contribution in [1.29, 1.82) is 0 Å². The quantitative estimate of drug-likeness (QED) is 0.641. The summed E-state index contributed by atoms with van der Waals surface area (Å²) >= 11 is 0. The molecule has 0 radical (unpaired) electrons. The number of hydrogen-bond acceptors (Lipinski definition) is 6. The van der Waals surface area contributed by atoms with Gasteiger partial charge in [0.15, 0.2) is 11.5 Å². The van der Waals surface area contributed by atoms with Gasteiger partial charge in [-0.05, 0) is 30.2 Å². The Morgan fingerprint density at radius 1 is 1.03 bits per heavy atom. The molecule has 2 aromatic carbocycles. The normalized spacial score (nSPS) is 20.9. The number of fused-ring (bicyclic) bond motifs is 1. The molecule has 6 nitrogen and oxygen atoms in total. The fourth-order valence-corrected chi connectivity index (χ4v) is 3.96. The maximum absolute atomic E-state index is 5.75. The summed E-state index contributed by atoms with van der Waals surface area (Å²) in [7, 11) is 3.33. The zero-order valence-electron chi connectivity index (χ0n) is 17.3. The molecule has 0 N–H and O–H groups in total. The number of likely N-dealkylation sites (tertiary alicyclic amines) is 1. The van der Waals surface area contributed by atoms with E-state index in [1.807, 2.05) is 12.1 Å². The van der Waals surface area contributed by atoms with Crippen molar-refractivity contribution < 1.29 is 19.0 Å². The largest absolute Gasteiger partial charge is 0.493 e. The Hall–Kier alpha value is -2.57.